The number of nitrogens with zero attached hydrogens (tertiary/aromatic N) is 1. The highest BCUT2D eigenvalue weighted by Crippen LogP contribution is 2.49. The Morgan fingerprint density at radius 3 is 2.72 bits per heavy atom. The molecule has 0 bridgehead atoms. The van der Waals surface area contributed by atoms with Crippen molar-refractivity contribution in [3.63, 3.8) is 0 Å². The van der Waals surface area contributed by atoms with Gasteiger partial charge in [-0.3, -0.25) is 4.98 Å². The van der Waals surface area contributed by atoms with Crippen molar-refractivity contribution in [1.29, 1.82) is 0 Å². The molecule has 0 fully saturated rings. The van der Waals surface area contributed by atoms with Crippen molar-refractivity contribution in [2.75, 3.05) is 0 Å². The van der Waals surface area contributed by atoms with Crippen molar-refractivity contribution in [3.05, 3.63) is 53.7 Å². The number of rotatable bonds is 0. The molecule has 18 heavy (non-hydrogen) atoms. The third-order valence-corrected chi connectivity index (χ3v) is 4.61. The van der Waals surface area contributed by atoms with Crippen molar-refractivity contribution in [2.24, 2.45) is 0 Å². The Morgan fingerprint density at radius 2 is 1.78 bits per heavy atom. The second-order valence-electron chi connectivity index (χ2n) is 4.23. The van der Waals surface area contributed by atoms with Crippen molar-refractivity contribution >= 4 is 34.3 Å². The van der Waals surface area contributed by atoms with Gasteiger partial charge in [0, 0.05) is 26.9 Å². The Balaban J connectivity index is 2.25. The lowest BCUT2D eigenvalue weighted by Crippen LogP contribution is -1.94. The average molecular weight is 270 g/mol. The summed E-state index contributed by atoms with van der Waals surface area (Å²) in [5, 5.41) is 1.90. The van der Waals surface area contributed by atoms with E-state index in [1.54, 1.807) is 18.0 Å². The molecular formula is C15H8ClNS. The minimum absolute atomic E-state index is 0.725. The number of hydrogen-bond acceptors (Lipinski definition) is 2. The van der Waals surface area contributed by atoms with Crippen LogP contribution in [0.3, 0.4) is 0 Å². The summed E-state index contributed by atoms with van der Waals surface area (Å²) in [6.45, 7) is 0. The van der Waals surface area contributed by atoms with Crippen LogP contribution in [0.15, 0.2) is 58.5 Å². The van der Waals surface area contributed by atoms with Gasteiger partial charge >= 0.3 is 0 Å². The van der Waals surface area contributed by atoms with Crippen LogP contribution in [0.5, 0.6) is 0 Å². The normalized spacial score (nSPS) is 12.5. The molecule has 0 saturated carbocycles. The molecule has 4 rings (SSSR count). The van der Waals surface area contributed by atoms with E-state index in [-0.39, 0.29) is 0 Å². The number of fused-ring (bicyclic) bond motifs is 2. The van der Waals surface area contributed by atoms with Gasteiger partial charge in [-0.15, -0.1) is 0 Å². The van der Waals surface area contributed by atoms with Crippen LogP contribution in [0.2, 0.25) is 5.02 Å². The highest BCUT2D eigenvalue weighted by Gasteiger charge is 2.21. The Morgan fingerprint density at radius 1 is 0.944 bits per heavy atom. The molecule has 1 aliphatic heterocycles. The molecule has 2 heterocycles. The molecule has 2 aromatic carbocycles. The predicted octanol–water partition coefficient (Wildman–Crippen LogP) is 5.02. The molecule has 3 aromatic rings. The molecule has 1 aliphatic rings. The van der Waals surface area contributed by atoms with E-state index in [1.807, 2.05) is 12.1 Å². The first-order valence-corrected chi connectivity index (χ1v) is 6.88. The standard InChI is InChI=1S/C15H8ClNS/c16-10-8-17-11-5-3-7-13-15(11)14(10)9-4-1-2-6-12(9)18-13/h1-8H. The minimum atomic E-state index is 0.725. The van der Waals surface area contributed by atoms with Crippen molar-refractivity contribution in [2.45, 2.75) is 9.79 Å². The average Bonchev–Trinajstić information content (AvgIpc) is 2.41. The predicted molar refractivity (Wildman–Crippen MR) is 76.3 cm³/mol. The van der Waals surface area contributed by atoms with Gasteiger partial charge < -0.3 is 0 Å². The third kappa shape index (κ3) is 1.33. The molecule has 0 atom stereocenters. The summed E-state index contributed by atoms with van der Waals surface area (Å²) < 4.78 is 0. The molecule has 1 nitrogen and oxygen atoms in total. The first kappa shape index (κ1) is 10.4. The van der Waals surface area contributed by atoms with Crippen LogP contribution in [0.4, 0.5) is 0 Å². The van der Waals surface area contributed by atoms with E-state index in [9.17, 15) is 0 Å². The lowest BCUT2D eigenvalue weighted by Gasteiger charge is -2.20. The molecule has 0 radical (unpaired) electrons. The Kier molecular flexibility index (Phi) is 2.16. The summed E-state index contributed by atoms with van der Waals surface area (Å²) >= 11 is 8.15. The Labute approximate surface area is 114 Å². The van der Waals surface area contributed by atoms with Crippen LogP contribution in [0, 0.1) is 0 Å². The zero-order valence-electron chi connectivity index (χ0n) is 9.35. The van der Waals surface area contributed by atoms with Gasteiger partial charge in [-0.25, -0.2) is 0 Å². The molecule has 3 heteroatoms. The van der Waals surface area contributed by atoms with E-state index in [2.05, 4.69) is 35.3 Å². The van der Waals surface area contributed by atoms with E-state index < -0.39 is 0 Å². The van der Waals surface area contributed by atoms with Crippen LogP contribution < -0.4 is 0 Å². The molecule has 0 N–H and O–H groups in total. The van der Waals surface area contributed by atoms with Crippen molar-refractivity contribution < 1.29 is 0 Å². The zero-order valence-corrected chi connectivity index (χ0v) is 10.9. The summed E-state index contributed by atoms with van der Waals surface area (Å²) in [6, 6.07) is 14.6. The summed E-state index contributed by atoms with van der Waals surface area (Å²) in [4.78, 5) is 6.90. The fourth-order valence-corrected chi connectivity index (χ4v) is 3.78. The van der Waals surface area contributed by atoms with Crippen LogP contribution in [-0.2, 0) is 0 Å². The number of pyridine rings is 1. The highest BCUT2D eigenvalue weighted by molar-refractivity contribution is 7.99. The number of aromatic nitrogens is 1. The van der Waals surface area contributed by atoms with Gasteiger partial charge in [-0.05, 0) is 23.8 Å². The van der Waals surface area contributed by atoms with E-state index in [0.29, 0.717) is 0 Å². The zero-order chi connectivity index (χ0) is 12.1. The monoisotopic (exact) mass is 269 g/mol. The van der Waals surface area contributed by atoms with E-state index in [4.69, 9.17) is 11.6 Å². The largest absolute Gasteiger partial charge is 0.255 e. The van der Waals surface area contributed by atoms with Crippen LogP contribution >= 0.6 is 23.4 Å². The van der Waals surface area contributed by atoms with Gasteiger partial charge in [0.2, 0.25) is 0 Å². The minimum Gasteiger partial charge on any atom is -0.255 e. The molecule has 86 valence electrons. The SMILES string of the molecule is Clc1cnc2cccc3c2c1-c1ccccc1S3. The lowest BCUT2D eigenvalue weighted by atomic mass is 10.0. The maximum Gasteiger partial charge on any atom is 0.0720 e. The number of benzene rings is 2. The smallest absolute Gasteiger partial charge is 0.0720 e. The second-order valence-corrected chi connectivity index (χ2v) is 5.72. The van der Waals surface area contributed by atoms with E-state index >= 15 is 0 Å². The van der Waals surface area contributed by atoms with Crippen LogP contribution in [0.25, 0.3) is 22.0 Å². The number of halogens is 1. The summed E-state index contributed by atoms with van der Waals surface area (Å²) in [5.74, 6) is 0. The summed E-state index contributed by atoms with van der Waals surface area (Å²) in [5.41, 5.74) is 3.33. The fraction of sp³-hybridized carbons (Fsp3) is 0. The number of hydrogen-bond donors (Lipinski definition) is 0. The summed E-state index contributed by atoms with van der Waals surface area (Å²) in [7, 11) is 0. The van der Waals surface area contributed by atoms with E-state index in [1.165, 1.54) is 20.7 Å². The van der Waals surface area contributed by atoms with Gasteiger partial charge in [0.25, 0.3) is 0 Å². The molecular weight excluding hydrogens is 262 g/mol. The van der Waals surface area contributed by atoms with Gasteiger partial charge in [0.1, 0.15) is 0 Å². The van der Waals surface area contributed by atoms with Gasteiger partial charge in [-0.2, -0.15) is 0 Å². The lowest BCUT2D eigenvalue weighted by molar-refractivity contribution is 1.34. The van der Waals surface area contributed by atoms with Crippen LogP contribution in [-0.4, -0.2) is 4.98 Å². The van der Waals surface area contributed by atoms with E-state index in [0.717, 1.165) is 16.1 Å². The second kappa shape index (κ2) is 3.74. The molecule has 0 aliphatic carbocycles. The van der Waals surface area contributed by atoms with Gasteiger partial charge in [-0.1, -0.05) is 47.6 Å². The molecule has 0 spiro atoms. The van der Waals surface area contributed by atoms with Crippen LogP contribution in [0.1, 0.15) is 0 Å². The third-order valence-electron chi connectivity index (χ3n) is 3.19. The van der Waals surface area contributed by atoms with Crippen molar-refractivity contribution in [1.82, 2.24) is 4.98 Å². The molecule has 0 unspecified atom stereocenters. The topological polar surface area (TPSA) is 12.9 Å². The Hall–Kier alpha value is -1.51. The molecule has 1 aromatic heterocycles. The molecule has 0 saturated heterocycles. The summed E-state index contributed by atoms with van der Waals surface area (Å²) in [6.07, 6.45) is 1.75. The quantitative estimate of drug-likeness (QED) is 0.445. The maximum atomic E-state index is 6.37. The highest BCUT2D eigenvalue weighted by atomic mass is 35.5. The fourth-order valence-electron chi connectivity index (χ4n) is 2.42. The maximum absolute atomic E-state index is 6.37. The molecule has 0 amide bonds. The Bertz CT molecular complexity index is 783. The van der Waals surface area contributed by atoms with Gasteiger partial charge in [0.15, 0.2) is 0 Å². The van der Waals surface area contributed by atoms with Crippen molar-refractivity contribution in [3.8, 4) is 11.1 Å². The first-order chi connectivity index (χ1) is 8.84. The first-order valence-electron chi connectivity index (χ1n) is 5.69. The van der Waals surface area contributed by atoms with Gasteiger partial charge in [0.05, 0.1) is 10.5 Å².